The van der Waals surface area contributed by atoms with Crippen molar-refractivity contribution in [2.75, 3.05) is 26.2 Å². The van der Waals surface area contributed by atoms with Crippen molar-refractivity contribution in [1.29, 1.82) is 0 Å². The number of carboxylic acid groups (broad SMARTS) is 1. The van der Waals surface area contributed by atoms with Gasteiger partial charge < -0.3 is 30.0 Å². The first-order chi connectivity index (χ1) is 32.0. The van der Waals surface area contributed by atoms with Crippen LogP contribution in [-0.2, 0) is 35.6 Å². The van der Waals surface area contributed by atoms with Gasteiger partial charge in [0.25, 0.3) is 5.92 Å². The zero-order chi connectivity index (χ0) is 47.9. The molecule has 0 radical (unpaired) electrons. The number of carbonyl (C=O) groups is 2. The highest BCUT2D eigenvalue weighted by Gasteiger charge is 2.34. The number of carbonyl (C=O) groups excluding carboxylic acids is 1. The van der Waals surface area contributed by atoms with Gasteiger partial charge in [-0.2, -0.15) is 18.2 Å². The molecule has 1 fully saturated rings. The summed E-state index contributed by atoms with van der Waals surface area (Å²) < 4.78 is 97.2. The Kier molecular flexibility index (Phi) is 15.6. The summed E-state index contributed by atoms with van der Waals surface area (Å²) >= 11 is 8.07. The van der Waals surface area contributed by atoms with Gasteiger partial charge in [-0.15, -0.1) is 11.3 Å². The molecule has 1 atom stereocenters. The van der Waals surface area contributed by atoms with Crippen LogP contribution in [0.2, 0.25) is 5.02 Å². The molecule has 7 rings (SSSR count). The number of alkyl halides is 5. The molecular formula is C47H45ClF6N6O6S. The summed E-state index contributed by atoms with van der Waals surface area (Å²) in [7, 11) is 0. The number of benzene rings is 3. The van der Waals surface area contributed by atoms with E-state index in [0.717, 1.165) is 0 Å². The van der Waals surface area contributed by atoms with Gasteiger partial charge in [0.15, 0.2) is 0 Å². The predicted molar refractivity (Wildman–Crippen MR) is 239 cm³/mol. The van der Waals surface area contributed by atoms with Crippen LogP contribution in [0.3, 0.4) is 0 Å². The molecule has 67 heavy (non-hydrogen) atoms. The Balaban J connectivity index is 1.19. The third-order valence-corrected chi connectivity index (χ3v) is 12.9. The van der Waals surface area contributed by atoms with Crippen LogP contribution in [0.15, 0.2) is 73.2 Å². The van der Waals surface area contributed by atoms with E-state index in [-0.39, 0.29) is 87.5 Å². The maximum Gasteiger partial charge on any atom is 0.392 e. The lowest BCUT2D eigenvalue weighted by Crippen LogP contribution is -2.39. The highest BCUT2D eigenvalue weighted by atomic mass is 35.5. The molecule has 0 aliphatic carbocycles. The molecule has 3 aromatic heterocycles. The Bertz CT molecular complexity index is 2710. The summed E-state index contributed by atoms with van der Waals surface area (Å²) in [5, 5.41) is 11.5. The number of carboxylic acids is 1. The number of aliphatic carboxylic acids is 1. The average molecular weight is 971 g/mol. The number of ether oxygens (including phenoxy) is 3. The Morgan fingerprint density at radius 2 is 1.76 bits per heavy atom. The first-order valence-electron chi connectivity index (χ1n) is 21.3. The Morgan fingerprint density at radius 3 is 2.48 bits per heavy atom. The molecular weight excluding hydrogens is 926 g/mol. The third-order valence-electron chi connectivity index (χ3n) is 11.2. The number of nitrogens with two attached hydrogens (primary N) is 1. The van der Waals surface area contributed by atoms with Crippen LogP contribution in [0, 0.1) is 12.7 Å². The van der Waals surface area contributed by atoms with Crippen molar-refractivity contribution in [1.82, 2.24) is 24.8 Å². The van der Waals surface area contributed by atoms with Crippen molar-refractivity contribution in [3.05, 3.63) is 112 Å². The zero-order valence-corrected chi connectivity index (χ0v) is 37.6. The number of halogens is 7. The molecule has 1 aliphatic heterocycles. The first kappa shape index (κ1) is 49.0. The van der Waals surface area contributed by atoms with Gasteiger partial charge >= 0.3 is 18.2 Å². The SMILES string of the molecule is Cc1c(-c2c(-c3ccc(F)cc3)sc3ncnc(O[C@H](Cc4cc(CC(=O)CCCN5CCC(F)(F)CC5)ccc4OCc4ccnc(OCCC(F)(F)F)n4)C(=O)O)c23)ccc(CN)c1Cl. The molecule has 1 aliphatic rings. The van der Waals surface area contributed by atoms with E-state index in [1.54, 1.807) is 36.4 Å². The number of aromatic nitrogens is 4. The van der Waals surface area contributed by atoms with E-state index in [2.05, 4.69) is 19.9 Å². The summed E-state index contributed by atoms with van der Waals surface area (Å²) in [4.78, 5) is 46.4. The van der Waals surface area contributed by atoms with Gasteiger partial charge in [-0.25, -0.2) is 32.9 Å². The second-order valence-corrected chi connectivity index (χ2v) is 17.4. The zero-order valence-electron chi connectivity index (χ0n) is 36.1. The summed E-state index contributed by atoms with van der Waals surface area (Å²) in [5.74, 6) is -4.48. The summed E-state index contributed by atoms with van der Waals surface area (Å²) in [6.45, 7) is 2.07. The van der Waals surface area contributed by atoms with Crippen LogP contribution in [0.25, 0.3) is 31.8 Å². The normalized spacial score (nSPS) is 14.5. The monoisotopic (exact) mass is 970 g/mol. The number of nitrogens with zero attached hydrogens (tertiary/aromatic N) is 5. The average Bonchev–Trinajstić information content (AvgIpc) is 3.67. The van der Waals surface area contributed by atoms with E-state index in [4.69, 9.17) is 31.5 Å². The van der Waals surface area contributed by atoms with Crippen molar-refractivity contribution in [3.63, 3.8) is 0 Å². The van der Waals surface area contributed by atoms with Crippen molar-refractivity contribution < 1.29 is 55.2 Å². The molecule has 0 amide bonds. The number of rotatable bonds is 20. The van der Waals surface area contributed by atoms with Crippen LogP contribution >= 0.6 is 22.9 Å². The number of likely N-dealkylation sites (tertiary alicyclic amines) is 1. The van der Waals surface area contributed by atoms with E-state index in [9.17, 15) is 41.0 Å². The number of thiophene rings is 1. The molecule has 4 heterocycles. The minimum Gasteiger partial charge on any atom is -0.487 e. The van der Waals surface area contributed by atoms with Gasteiger partial charge in [0.05, 0.1) is 17.5 Å². The second kappa shape index (κ2) is 21.4. The standard InChI is InChI=1S/C47H45ClF6N6O6S/c1-27-35(10-7-30(24-55)40(27)48)38-39-42(57-26-58-43(39)67-41(38)29-5-8-32(49)9-6-29)66-37(44(62)63)23-31-21-28(22-34(61)3-2-17-60-18-13-46(50,51)14-19-60)4-11-36(31)65-25-33-12-16-56-45(59-33)64-20-15-47(52,53)54/h4-12,16,21,26,37H,2-3,13-15,17-20,22-25,55H2,1H3,(H,62,63)/t37-/m1/s1. The number of hydrogen-bond donors (Lipinski definition) is 2. The smallest absolute Gasteiger partial charge is 0.392 e. The fraction of sp³-hybridized carbons (Fsp3) is 0.362. The number of ketones is 1. The van der Waals surface area contributed by atoms with Gasteiger partial charge in [0, 0.05) is 73.4 Å². The van der Waals surface area contributed by atoms with Crippen LogP contribution in [0.4, 0.5) is 26.3 Å². The van der Waals surface area contributed by atoms with Gasteiger partial charge in [0.1, 0.15) is 41.7 Å². The highest BCUT2D eigenvalue weighted by Crippen LogP contribution is 2.49. The lowest BCUT2D eigenvalue weighted by atomic mass is 9.94. The van der Waals surface area contributed by atoms with Gasteiger partial charge in [-0.05, 0) is 77.5 Å². The maximum atomic E-state index is 14.2. The van der Waals surface area contributed by atoms with E-state index < -0.39 is 43.0 Å². The molecule has 3 N–H and O–H groups in total. The van der Waals surface area contributed by atoms with Crippen LogP contribution in [-0.4, -0.2) is 86.1 Å². The lowest BCUT2D eigenvalue weighted by Gasteiger charge is -2.31. The number of Topliss-reactive ketones (excluding diaryl/α,β-unsaturated/α-hetero) is 1. The second-order valence-electron chi connectivity index (χ2n) is 16.0. The lowest BCUT2D eigenvalue weighted by molar-refractivity contribution is -0.145. The number of piperidine rings is 1. The van der Waals surface area contributed by atoms with Gasteiger partial charge in [-0.1, -0.05) is 48.0 Å². The predicted octanol–water partition coefficient (Wildman–Crippen LogP) is 9.98. The van der Waals surface area contributed by atoms with E-state index >= 15 is 0 Å². The third kappa shape index (κ3) is 12.8. The largest absolute Gasteiger partial charge is 0.487 e. The van der Waals surface area contributed by atoms with Gasteiger partial charge in [0.2, 0.25) is 12.0 Å². The number of fused-ring (bicyclic) bond motifs is 1. The molecule has 3 aromatic carbocycles. The topological polar surface area (TPSA) is 163 Å². The molecule has 0 spiro atoms. The molecule has 0 bridgehead atoms. The fourth-order valence-corrected chi connectivity index (χ4v) is 9.03. The summed E-state index contributed by atoms with van der Waals surface area (Å²) in [5.41, 5.74) is 10.3. The van der Waals surface area contributed by atoms with E-state index in [0.29, 0.717) is 72.0 Å². The summed E-state index contributed by atoms with van der Waals surface area (Å²) in [6.07, 6.45) is -4.84. The summed E-state index contributed by atoms with van der Waals surface area (Å²) in [6, 6.07) is 15.5. The highest BCUT2D eigenvalue weighted by molar-refractivity contribution is 7.22. The molecule has 6 aromatic rings. The van der Waals surface area contributed by atoms with Crippen LogP contribution in [0.5, 0.6) is 17.6 Å². The fourth-order valence-electron chi connectivity index (χ4n) is 7.64. The maximum absolute atomic E-state index is 14.2. The van der Waals surface area contributed by atoms with E-state index in [1.807, 2.05) is 17.9 Å². The van der Waals surface area contributed by atoms with Crippen LogP contribution < -0.4 is 19.9 Å². The minimum absolute atomic E-state index is 0.0176. The quantitative estimate of drug-likeness (QED) is 0.0698. The van der Waals surface area contributed by atoms with Gasteiger partial charge in [-0.3, -0.25) is 4.79 Å². The Morgan fingerprint density at radius 1 is 1.00 bits per heavy atom. The molecule has 20 heteroatoms. The van der Waals surface area contributed by atoms with Crippen LogP contribution in [0.1, 0.15) is 60.1 Å². The minimum atomic E-state index is -4.44. The molecule has 354 valence electrons. The van der Waals surface area contributed by atoms with Crippen molar-refractivity contribution in [3.8, 4) is 39.2 Å². The van der Waals surface area contributed by atoms with E-state index in [1.165, 1.54) is 42.1 Å². The molecule has 0 unspecified atom stereocenters. The Hall–Kier alpha value is -5.89. The molecule has 12 nitrogen and oxygen atoms in total. The van der Waals surface area contributed by atoms with Crippen molar-refractivity contribution in [2.24, 2.45) is 5.73 Å². The van der Waals surface area contributed by atoms with Crippen molar-refractivity contribution >= 4 is 44.9 Å². The first-order valence-corrected chi connectivity index (χ1v) is 22.5. The van der Waals surface area contributed by atoms with Crippen molar-refractivity contribution in [2.45, 2.75) is 83.2 Å². The number of hydrogen-bond acceptors (Lipinski definition) is 12. The Labute approximate surface area is 390 Å². The molecule has 1 saturated heterocycles. The molecule has 0 saturated carbocycles.